The van der Waals surface area contributed by atoms with Gasteiger partial charge in [0.25, 0.3) is 5.91 Å². The van der Waals surface area contributed by atoms with Gasteiger partial charge in [0.05, 0.1) is 0 Å². The van der Waals surface area contributed by atoms with Crippen LogP contribution in [0.1, 0.15) is 27.4 Å². The van der Waals surface area contributed by atoms with Gasteiger partial charge in [-0.2, -0.15) is 4.39 Å². The lowest BCUT2D eigenvalue weighted by molar-refractivity contribution is 0.0941. The molecule has 0 fully saturated rings. The minimum Gasteiger partial charge on any atom is -0.352 e. The second-order valence-electron chi connectivity index (χ2n) is 5.13. The van der Waals surface area contributed by atoms with Crippen LogP contribution in [0.5, 0.6) is 0 Å². The summed E-state index contributed by atoms with van der Waals surface area (Å²) >= 11 is 1.47. The minimum absolute atomic E-state index is 0.207. The third kappa shape index (κ3) is 3.87. The summed E-state index contributed by atoms with van der Waals surface area (Å²) in [5, 5.41) is 15.8. The number of hydrogen-bond acceptors (Lipinski definition) is 6. The molecule has 1 amide bonds. The molecule has 0 aliphatic carbocycles. The molecular formula is C16H14F2N4O2S. The van der Waals surface area contributed by atoms with E-state index in [0.717, 1.165) is 16.4 Å². The molecule has 6 nitrogen and oxygen atoms in total. The lowest BCUT2D eigenvalue weighted by atomic mass is 10.1. The van der Waals surface area contributed by atoms with Crippen LogP contribution in [-0.2, 0) is 12.8 Å². The predicted molar refractivity (Wildman–Crippen MR) is 87.2 cm³/mol. The number of carbonyl (C=O) groups excluding carboxylic acids is 1. The monoisotopic (exact) mass is 364 g/mol. The van der Waals surface area contributed by atoms with Gasteiger partial charge in [0.15, 0.2) is 0 Å². The fraction of sp³-hybridized carbons (Fsp3) is 0.250. The number of rotatable bonds is 6. The molecule has 3 rings (SSSR count). The van der Waals surface area contributed by atoms with Gasteiger partial charge in [0.1, 0.15) is 15.8 Å². The van der Waals surface area contributed by atoms with E-state index < -0.39 is 23.2 Å². The molecule has 0 atom stereocenters. The Hall–Kier alpha value is -2.68. The van der Waals surface area contributed by atoms with Crippen molar-refractivity contribution in [2.75, 3.05) is 6.54 Å². The van der Waals surface area contributed by atoms with Crippen molar-refractivity contribution in [2.24, 2.45) is 0 Å². The summed E-state index contributed by atoms with van der Waals surface area (Å²) in [5.74, 6) is -2.23. The molecule has 0 aliphatic rings. The molecule has 0 saturated carbocycles. The molecular weight excluding hydrogens is 350 g/mol. The number of benzene rings is 1. The van der Waals surface area contributed by atoms with Crippen LogP contribution in [0.15, 0.2) is 28.8 Å². The zero-order valence-corrected chi connectivity index (χ0v) is 14.1. The summed E-state index contributed by atoms with van der Waals surface area (Å²) in [6.07, 6.45) is 1.30. The van der Waals surface area contributed by atoms with Gasteiger partial charge in [-0.05, 0) is 30.7 Å². The number of nitrogens with one attached hydrogen (secondary N) is 1. The van der Waals surface area contributed by atoms with Crippen molar-refractivity contribution < 1.29 is 18.1 Å². The molecule has 0 radical (unpaired) electrons. The van der Waals surface area contributed by atoms with E-state index in [1.807, 2.05) is 6.92 Å². The van der Waals surface area contributed by atoms with Gasteiger partial charge in [0, 0.05) is 18.5 Å². The highest BCUT2D eigenvalue weighted by Gasteiger charge is 2.23. The third-order valence-electron chi connectivity index (χ3n) is 3.39. The highest BCUT2D eigenvalue weighted by atomic mass is 32.1. The van der Waals surface area contributed by atoms with Crippen molar-refractivity contribution >= 4 is 17.2 Å². The van der Waals surface area contributed by atoms with Crippen molar-refractivity contribution in [1.29, 1.82) is 0 Å². The van der Waals surface area contributed by atoms with E-state index in [1.54, 1.807) is 0 Å². The van der Waals surface area contributed by atoms with E-state index in [2.05, 4.69) is 20.7 Å². The van der Waals surface area contributed by atoms with Crippen molar-refractivity contribution in [3.05, 3.63) is 51.6 Å². The summed E-state index contributed by atoms with van der Waals surface area (Å²) in [5.41, 5.74) is -0.141. The summed E-state index contributed by atoms with van der Waals surface area (Å²) in [6.45, 7) is 2.26. The molecule has 0 aliphatic heterocycles. The molecule has 1 aromatic carbocycles. The average Bonchev–Trinajstić information content (AvgIpc) is 3.22. The largest absolute Gasteiger partial charge is 0.352 e. The van der Waals surface area contributed by atoms with Crippen LogP contribution in [0.3, 0.4) is 0 Å². The number of aryl methyl sites for hydroxylation is 1. The molecule has 0 unspecified atom stereocenters. The van der Waals surface area contributed by atoms with E-state index in [4.69, 9.17) is 4.52 Å². The maximum absolute atomic E-state index is 14.3. The Balaban J connectivity index is 1.63. The second-order valence-corrected chi connectivity index (χ2v) is 6.28. The van der Waals surface area contributed by atoms with Gasteiger partial charge < -0.3 is 9.84 Å². The topological polar surface area (TPSA) is 80.9 Å². The van der Waals surface area contributed by atoms with Crippen molar-refractivity contribution in [3.63, 3.8) is 0 Å². The molecule has 25 heavy (non-hydrogen) atoms. The lowest BCUT2D eigenvalue weighted by Crippen LogP contribution is -2.26. The van der Waals surface area contributed by atoms with Crippen LogP contribution in [-0.4, -0.2) is 27.8 Å². The quantitative estimate of drug-likeness (QED) is 0.727. The summed E-state index contributed by atoms with van der Waals surface area (Å²) < 4.78 is 32.2. The van der Waals surface area contributed by atoms with E-state index in [1.165, 1.54) is 35.6 Å². The SMILES string of the molecule is CCc1nnc(CCNC(=O)c2noc(-c3ccc(F)cc3)c2F)s1. The number of hydrogen-bond donors (Lipinski definition) is 1. The highest BCUT2D eigenvalue weighted by Crippen LogP contribution is 2.25. The number of nitrogens with zero attached hydrogens (tertiary/aromatic N) is 3. The molecule has 130 valence electrons. The number of aromatic nitrogens is 3. The van der Waals surface area contributed by atoms with Gasteiger partial charge >= 0.3 is 0 Å². The fourth-order valence-corrected chi connectivity index (χ4v) is 2.88. The van der Waals surface area contributed by atoms with Crippen molar-refractivity contribution in [3.8, 4) is 11.3 Å². The standard InChI is InChI=1S/C16H14F2N4O2S/c1-2-11-20-21-12(25-11)7-8-19-16(23)14-13(18)15(24-22-14)9-3-5-10(17)6-4-9/h3-6H,2,7-8H2,1H3,(H,19,23). The first kappa shape index (κ1) is 17.2. The highest BCUT2D eigenvalue weighted by molar-refractivity contribution is 7.11. The summed E-state index contributed by atoms with van der Waals surface area (Å²) in [4.78, 5) is 12.0. The summed E-state index contributed by atoms with van der Waals surface area (Å²) in [6, 6.07) is 5.04. The minimum atomic E-state index is -0.881. The average molecular weight is 364 g/mol. The molecule has 1 N–H and O–H groups in total. The van der Waals surface area contributed by atoms with Crippen molar-refractivity contribution in [2.45, 2.75) is 19.8 Å². The smallest absolute Gasteiger partial charge is 0.276 e. The predicted octanol–water partition coefficient (Wildman–Crippen LogP) is 3.01. The van der Waals surface area contributed by atoms with Gasteiger partial charge in [0.2, 0.25) is 17.3 Å². The molecule has 3 aromatic rings. The maximum Gasteiger partial charge on any atom is 0.276 e. The molecule has 9 heteroatoms. The van der Waals surface area contributed by atoms with Crippen LogP contribution in [0.4, 0.5) is 8.78 Å². The van der Waals surface area contributed by atoms with E-state index in [9.17, 15) is 13.6 Å². The Bertz CT molecular complexity index is 877. The van der Waals surface area contributed by atoms with Gasteiger partial charge in [-0.3, -0.25) is 4.79 Å². The first-order valence-corrected chi connectivity index (χ1v) is 8.40. The number of halogens is 2. The molecule has 0 bridgehead atoms. The van der Waals surface area contributed by atoms with Gasteiger partial charge in [-0.15, -0.1) is 21.5 Å². The Morgan fingerprint density at radius 1 is 1.20 bits per heavy atom. The Morgan fingerprint density at radius 2 is 1.92 bits per heavy atom. The maximum atomic E-state index is 14.3. The first-order chi connectivity index (χ1) is 12.1. The van der Waals surface area contributed by atoms with Gasteiger partial charge in [-0.1, -0.05) is 12.1 Å². The molecule has 2 heterocycles. The zero-order chi connectivity index (χ0) is 17.8. The Kier molecular flexibility index (Phi) is 5.13. The van der Waals surface area contributed by atoms with Crippen LogP contribution in [0, 0.1) is 11.6 Å². The van der Waals surface area contributed by atoms with E-state index in [0.29, 0.717) is 12.0 Å². The van der Waals surface area contributed by atoms with Crippen LogP contribution in [0.2, 0.25) is 0 Å². The zero-order valence-electron chi connectivity index (χ0n) is 13.3. The molecule has 0 saturated heterocycles. The third-order valence-corrected chi connectivity index (χ3v) is 4.52. The van der Waals surface area contributed by atoms with Gasteiger partial charge in [-0.25, -0.2) is 4.39 Å². The van der Waals surface area contributed by atoms with Crippen LogP contribution >= 0.6 is 11.3 Å². The Labute approximate surface area is 145 Å². The molecule has 2 aromatic heterocycles. The van der Waals surface area contributed by atoms with Crippen LogP contribution in [0.25, 0.3) is 11.3 Å². The molecule has 0 spiro atoms. The van der Waals surface area contributed by atoms with Crippen molar-refractivity contribution in [1.82, 2.24) is 20.7 Å². The fourth-order valence-electron chi connectivity index (χ4n) is 2.10. The first-order valence-electron chi connectivity index (χ1n) is 7.59. The summed E-state index contributed by atoms with van der Waals surface area (Å²) in [7, 11) is 0. The number of carbonyl (C=O) groups is 1. The van der Waals surface area contributed by atoms with Crippen LogP contribution < -0.4 is 5.32 Å². The second kappa shape index (κ2) is 7.47. The lowest BCUT2D eigenvalue weighted by Gasteiger charge is -2.00. The Morgan fingerprint density at radius 3 is 2.60 bits per heavy atom. The van der Waals surface area contributed by atoms with E-state index in [-0.39, 0.29) is 12.3 Å². The number of amides is 1. The normalized spacial score (nSPS) is 10.8. The van der Waals surface area contributed by atoms with E-state index >= 15 is 0 Å².